The topological polar surface area (TPSA) is 78.6 Å². The minimum atomic E-state index is -0.434. The van der Waals surface area contributed by atoms with E-state index in [2.05, 4.69) is 42.2 Å². The summed E-state index contributed by atoms with van der Waals surface area (Å²) in [6.07, 6.45) is 0.587. The van der Waals surface area contributed by atoms with Crippen molar-refractivity contribution < 1.29 is 14.3 Å². The van der Waals surface area contributed by atoms with Gasteiger partial charge >= 0.3 is 5.97 Å². The van der Waals surface area contributed by atoms with Crippen molar-refractivity contribution in [3.8, 4) is 10.8 Å². The summed E-state index contributed by atoms with van der Waals surface area (Å²) in [6.45, 7) is 10.6. The molecule has 2 unspecified atom stereocenters. The normalized spacial score (nSPS) is 14.2. The Morgan fingerprint density at radius 3 is 2.49 bits per heavy atom. The average Bonchev–Trinajstić information content (AvgIpc) is 3.48. The van der Waals surface area contributed by atoms with Gasteiger partial charge in [0.2, 0.25) is 0 Å². The molecule has 0 aliphatic carbocycles. The van der Waals surface area contributed by atoms with E-state index in [4.69, 9.17) is 14.5 Å². The Kier molecular flexibility index (Phi) is 7.66. The molecular formula is C31H34N4O3S. The van der Waals surface area contributed by atoms with Crippen LogP contribution in [-0.4, -0.2) is 33.6 Å². The summed E-state index contributed by atoms with van der Waals surface area (Å²) in [5.74, 6) is 2.28. The van der Waals surface area contributed by atoms with E-state index in [9.17, 15) is 4.79 Å². The third-order valence-corrected chi connectivity index (χ3v) is 8.27. The largest absolute Gasteiger partial charge is 0.496 e. The predicted octanol–water partition coefficient (Wildman–Crippen LogP) is 6.60. The smallest absolute Gasteiger partial charge is 0.313 e. The zero-order chi connectivity index (χ0) is 27.7. The van der Waals surface area contributed by atoms with Gasteiger partial charge in [0.25, 0.3) is 0 Å². The van der Waals surface area contributed by atoms with Crippen LogP contribution in [0.2, 0.25) is 0 Å². The number of para-hydroxylation sites is 1. The Morgan fingerprint density at radius 1 is 1.03 bits per heavy atom. The highest BCUT2D eigenvalue weighted by Gasteiger charge is 2.28. The minimum absolute atomic E-state index is 0.248. The molecule has 1 aliphatic rings. The molecule has 2 atom stereocenters. The van der Waals surface area contributed by atoms with Crippen LogP contribution >= 0.6 is 11.3 Å². The number of carbonyl (C=O) groups is 1. The van der Waals surface area contributed by atoms with Crippen LogP contribution in [-0.2, 0) is 22.5 Å². The summed E-state index contributed by atoms with van der Waals surface area (Å²) in [6, 6.07) is 18.2. The molecule has 0 amide bonds. The van der Waals surface area contributed by atoms with Crippen LogP contribution in [0.1, 0.15) is 78.5 Å². The lowest BCUT2D eigenvalue weighted by atomic mass is 9.97. The summed E-state index contributed by atoms with van der Waals surface area (Å²) >= 11 is 1.57. The van der Waals surface area contributed by atoms with Crippen molar-refractivity contribution >= 4 is 23.0 Å². The van der Waals surface area contributed by atoms with Crippen molar-refractivity contribution in [2.24, 2.45) is 10.9 Å². The second-order valence-electron chi connectivity index (χ2n) is 10.4. The van der Waals surface area contributed by atoms with Gasteiger partial charge in [0.15, 0.2) is 5.82 Å². The van der Waals surface area contributed by atoms with Gasteiger partial charge in [0, 0.05) is 16.0 Å². The van der Waals surface area contributed by atoms with Crippen molar-refractivity contribution in [3.05, 3.63) is 93.4 Å². The minimum Gasteiger partial charge on any atom is -0.496 e. The summed E-state index contributed by atoms with van der Waals surface area (Å²) in [5.41, 5.74) is 4.90. The number of thiophene rings is 1. The number of nitrogens with zero attached hydrogens (tertiary/aromatic N) is 4. The zero-order valence-corrected chi connectivity index (χ0v) is 24.1. The molecule has 39 heavy (non-hydrogen) atoms. The van der Waals surface area contributed by atoms with Crippen molar-refractivity contribution in [2.75, 3.05) is 7.11 Å². The lowest BCUT2D eigenvalue weighted by Crippen LogP contribution is -2.15. The number of fused-ring (bicyclic) bond motifs is 3. The molecule has 3 heterocycles. The molecule has 202 valence electrons. The van der Waals surface area contributed by atoms with E-state index in [0.717, 1.165) is 56.1 Å². The molecule has 0 saturated heterocycles. The Bertz CT molecular complexity index is 1520. The lowest BCUT2D eigenvalue weighted by molar-refractivity contribution is -0.149. The molecular weight excluding hydrogens is 508 g/mol. The fourth-order valence-corrected chi connectivity index (χ4v) is 6.11. The van der Waals surface area contributed by atoms with Gasteiger partial charge < -0.3 is 9.47 Å². The zero-order valence-electron chi connectivity index (χ0n) is 23.3. The van der Waals surface area contributed by atoms with E-state index in [1.165, 1.54) is 5.56 Å². The van der Waals surface area contributed by atoms with E-state index < -0.39 is 6.10 Å². The Morgan fingerprint density at radius 2 is 1.77 bits per heavy atom. The van der Waals surface area contributed by atoms with Gasteiger partial charge in [0.1, 0.15) is 29.2 Å². The van der Waals surface area contributed by atoms with E-state index in [1.54, 1.807) is 18.4 Å². The Hall–Kier alpha value is -3.78. The van der Waals surface area contributed by atoms with Gasteiger partial charge in [-0.15, -0.1) is 21.5 Å². The number of aliphatic imine (C=N–C) groups is 1. The van der Waals surface area contributed by atoms with Gasteiger partial charge in [0.05, 0.1) is 18.7 Å². The number of rotatable bonds is 8. The van der Waals surface area contributed by atoms with Crippen LogP contribution in [0.4, 0.5) is 0 Å². The third-order valence-electron chi connectivity index (χ3n) is 6.99. The number of hydrogen-bond acceptors (Lipinski definition) is 7. The lowest BCUT2D eigenvalue weighted by Gasteiger charge is -2.17. The maximum Gasteiger partial charge on any atom is 0.313 e. The molecule has 7 nitrogen and oxygen atoms in total. The molecule has 2 aromatic heterocycles. The number of aromatic nitrogens is 3. The predicted molar refractivity (Wildman–Crippen MR) is 154 cm³/mol. The van der Waals surface area contributed by atoms with E-state index >= 15 is 0 Å². The van der Waals surface area contributed by atoms with Crippen LogP contribution in [0.5, 0.6) is 5.75 Å². The number of hydrogen-bond donors (Lipinski definition) is 0. The molecule has 2 aromatic carbocycles. The second kappa shape index (κ2) is 11.1. The second-order valence-corrected chi connectivity index (χ2v) is 11.4. The fourth-order valence-electron chi connectivity index (χ4n) is 4.90. The van der Waals surface area contributed by atoms with E-state index in [-0.39, 0.29) is 11.9 Å². The molecule has 0 spiro atoms. The molecule has 8 heteroatoms. The number of aryl methyl sites for hydroxylation is 1. The molecule has 4 aromatic rings. The highest BCUT2D eigenvalue weighted by atomic mass is 32.1. The monoisotopic (exact) mass is 542 g/mol. The highest BCUT2D eigenvalue weighted by molar-refractivity contribution is 7.15. The SMILES string of the molecule is COc1ccccc1C1=NCc2nnc(C)n2-c2sc(C(C)OC(=O)C(C)c3ccc(CC(C)C)cc3)cc21. The summed E-state index contributed by atoms with van der Waals surface area (Å²) in [4.78, 5) is 19.0. The Labute approximate surface area is 233 Å². The maximum atomic E-state index is 13.2. The molecule has 0 fully saturated rings. The summed E-state index contributed by atoms with van der Waals surface area (Å²) < 4.78 is 13.7. The third kappa shape index (κ3) is 5.39. The van der Waals surface area contributed by atoms with Gasteiger partial charge in [-0.3, -0.25) is 14.4 Å². The summed E-state index contributed by atoms with van der Waals surface area (Å²) in [7, 11) is 1.66. The van der Waals surface area contributed by atoms with Crippen LogP contribution in [0.25, 0.3) is 5.00 Å². The number of esters is 1. The standard InChI is InChI=1S/C31H34N4O3S/c1-18(2)15-22-11-13-23(14-12-22)19(3)31(36)38-20(4)27-16-25-29(24-9-7-8-10-26(24)37-6)32-17-28-34-33-21(5)35(28)30(25)39-27/h7-14,16,18-20H,15,17H2,1-6H3. The molecule has 1 aliphatic heterocycles. The highest BCUT2D eigenvalue weighted by Crippen LogP contribution is 2.38. The maximum absolute atomic E-state index is 13.2. The van der Waals surface area contributed by atoms with Gasteiger partial charge in [-0.2, -0.15) is 0 Å². The number of carbonyl (C=O) groups excluding carboxylic acids is 1. The first-order chi connectivity index (χ1) is 18.8. The van der Waals surface area contributed by atoms with Crippen LogP contribution in [0, 0.1) is 12.8 Å². The number of methoxy groups -OCH3 is 1. The first-order valence-electron chi connectivity index (χ1n) is 13.3. The molecule has 0 N–H and O–H groups in total. The molecule has 0 radical (unpaired) electrons. The van der Waals surface area contributed by atoms with Crippen molar-refractivity contribution in [1.29, 1.82) is 0 Å². The first kappa shape index (κ1) is 26.8. The number of ether oxygens (including phenoxy) is 2. The van der Waals surface area contributed by atoms with Crippen molar-refractivity contribution in [2.45, 2.75) is 59.6 Å². The molecule has 0 bridgehead atoms. The average molecular weight is 543 g/mol. The van der Waals surface area contributed by atoms with Crippen LogP contribution in [0.3, 0.4) is 0 Å². The van der Waals surface area contributed by atoms with Crippen LogP contribution in [0.15, 0.2) is 59.6 Å². The van der Waals surface area contributed by atoms with Crippen molar-refractivity contribution in [1.82, 2.24) is 14.8 Å². The van der Waals surface area contributed by atoms with Gasteiger partial charge in [-0.25, -0.2) is 0 Å². The van der Waals surface area contributed by atoms with E-state index in [1.807, 2.05) is 61.7 Å². The van der Waals surface area contributed by atoms with Crippen molar-refractivity contribution in [3.63, 3.8) is 0 Å². The van der Waals surface area contributed by atoms with Gasteiger partial charge in [-0.05, 0) is 62.4 Å². The summed E-state index contributed by atoms with van der Waals surface area (Å²) in [5, 5.41) is 9.61. The van der Waals surface area contributed by atoms with E-state index in [0.29, 0.717) is 12.5 Å². The van der Waals surface area contributed by atoms with Gasteiger partial charge in [-0.1, -0.05) is 50.2 Å². The molecule has 5 rings (SSSR count). The molecule has 0 saturated carbocycles. The first-order valence-corrected chi connectivity index (χ1v) is 14.1. The van der Waals surface area contributed by atoms with Crippen LogP contribution < -0.4 is 4.74 Å². The Balaban J connectivity index is 1.44. The fraction of sp³-hybridized carbons (Fsp3) is 0.355. The number of benzene rings is 2. The quantitative estimate of drug-likeness (QED) is 0.234.